The molecule has 4 aliphatic rings. The molecule has 5 heterocycles. The summed E-state index contributed by atoms with van der Waals surface area (Å²) in [6.45, 7) is 4.71. The van der Waals surface area contributed by atoms with Crippen LogP contribution in [0.15, 0.2) is 42.6 Å². The SMILES string of the molecule is C[C@]1(c2ccccc2)CCN(c2cc(CO)c3nc(C45CC(N)(CO4)C5)nn3c2)C1. The van der Waals surface area contributed by atoms with Crippen LogP contribution in [0.3, 0.4) is 0 Å². The first-order valence-corrected chi connectivity index (χ1v) is 10.7. The van der Waals surface area contributed by atoms with Crippen molar-refractivity contribution in [1.82, 2.24) is 14.6 Å². The normalized spacial score (nSPS) is 32.7. The average Bonchev–Trinajstić information content (AvgIpc) is 3.49. The zero-order chi connectivity index (χ0) is 20.6. The number of aliphatic hydroxyl groups excluding tert-OH is 1. The lowest BCUT2D eigenvalue weighted by atomic mass is 9.69. The van der Waals surface area contributed by atoms with Gasteiger partial charge in [0.05, 0.1) is 25.1 Å². The van der Waals surface area contributed by atoms with Gasteiger partial charge in [-0.2, -0.15) is 0 Å². The van der Waals surface area contributed by atoms with Crippen molar-refractivity contribution in [3.8, 4) is 0 Å². The van der Waals surface area contributed by atoms with Crippen molar-refractivity contribution < 1.29 is 9.84 Å². The summed E-state index contributed by atoms with van der Waals surface area (Å²) in [7, 11) is 0. The molecule has 7 rings (SSSR count). The summed E-state index contributed by atoms with van der Waals surface area (Å²) >= 11 is 0. The molecule has 0 spiro atoms. The van der Waals surface area contributed by atoms with E-state index in [1.165, 1.54) is 5.56 Å². The first kappa shape index (κ1) is 18.3. The quantitative estimate of drug-likeness (QED) is 0.691. The first-order chi connectivity index (χ1) is 14.4. The Labute approximate surface area is 175 Å². The minimum atomic E-state index is -0.451. The van der Waals surface area contributed by atoms with Gasteiger partial charge in [0.15, 0.2) is 11.5 Å². The van der Waals surface area contributed by atoms with Gasteiger partial charge >= 0.3 is 0 Å². The number of fused-ring (bicyclic) bond motifs is 2. The van der Waals surface area contributed by atoms with Crippen molar-refractivity contribution in [2.45, 2.75) is 49.3 Å². The summed E-state index contributed by atoms with van der Waals surface area (Å²) in [6, 6.07) is 12.8. The summed E-state index contributed by atoms with van der Waals surface area (Å²) in [5.41, 5.74) is 9.61. The molecular weight excluding hydrogens is 378 g/mol. The van der Waals surface area contributed by atoms with E-state index in [0.29, 0.717) is 18.1 Å². The van der Waals surface area contributed by atoms with Gasteiger partial charge in [-0.15, -0.1) is 5.10 Å². The lowest BCUT2D eigenvalue weighted by Crippen LogP contribution is -2.54. The smallest absolute Gasteiger partial charge is 0.183 e. The third kappa shape index (κ3) is 2.55. The number of benzene rings is 1. The molecule has 156 valence electrons. The van der Waals surface area contributed by atoms with Gasteiger partial charge < -0.3 is 20.5 Å². The Bertz CT molecular complexity index is 1120. The van der Waals surface area contributed by atoms with E-state index < -0.39 is 5.60 Å². The monoisotopic (exact) mass is 405 g/mol. The maximum absolute atomic E-state index is 10.0. The predicted octanol–water partition coefficient (Wildman–Crippen LogP) is 2.11. The summed E-state index contributed by atoms with van der Waals surface area (Å²) in [5, 5.41) is 14.8. The van der Waals surface area contributed by atoms with Crippen LogP contribution in [0.25, 0.3) is 5.65 Å². The molecule has 3 saturated heterocycles. The summed E-state index contributed by atoms with van der Waals surface area (Å²) < 4.78 is 7.78. The van der Waals surface area contributed by atoms with E-state index >= 15 is 0 Å². The molecule has 1 aliphatic carbocycles. The molecule has 30 heavy (non-hydrogen) atoms. The zero-order valence-electron chi connectivity index (χ0n) is 17.2. The standard InChI is InChI=1S/C23H27N5O2/c1-21(17-5-3-2-4-6-17)7-8-27(14-21)18-9-16(11-29)19-25-20(26-28(19)10-18)23-12-22(24,13-23)15-30-23/h2-6,9-10,29H,7-8,11-15,24H2,1H3/t21-,22?,23?/m0/s1. The predicted molar refractivity (Wildman–Crippen MR) is 113 cm³/mol. The molecule has 2 aromatic heterocycles. The number of rotatable bonds is 4. The molecule has 3 N–H and O–H groups in total. The van der Waals surface area contributed by atoms with Crippen molar-refractivity contribution in [2.75, 3.05) is 24.6 Å². The molecule has 7 heteroatoms. The topological polar surface area (TPSA) is 88.9 Å². The maximum atomic E-state index is 10.0. The molecule has 1 atom stereocenters. The van der Waals surface area contributed by atoms with Gasteiger partial charge in [-0.1, -0.05) is 37.3 Å². The van der Waals surface area contributed by atoms with E-state index in [-0.39, 0.29) is 17.6 Å². The van der Waals surface area contributed by atoms with Crippen molar-refractivity contribution in [2.24, 2.45) is 5.73 Å². The van der Waals surface area contributed by atoms with Crippen LogP contribution in [0.2, 0.25) is 0 Å². The Kier molecular flexibility index (Phi) is 3.68. The van der Waals surface area contributed by atoms with E-state index in [9.17, 15) is 5.11 Å². The Morgan fingerprint density at radius 2 is 2.03 bits per heavy atom. The van der Waals surface area contributed by atoms with Crippen LogP contribution in [0.5, 0.6) is 0 Å². The molecule has 3 aliphatic heterocycles. The van der Waals surface area contributed by atoms with E-state index in [1.54, 1.807) is 4.52 Å². The Morgan fingerprint density at radius 1 is 1.23 bits per heavy atom. The molecule has 4 fully saturated rings. The van der Waals surface area contributed by atoms with Crippen LogP contribution in [-0.4, -0.2) is 44.9 Å². The highest BCUT2D eigenvalue weighted by molar-refractivity contribution is 5.59. The second kappa shape index (κ2) is 6.03. The minimum Gasteiger partial charge on any atom is -0.392 e. The minimum absolute atomic E-state index is 0.0754. The maximum Gasteiger partial charge on any atom is 0.183 e. The number of hydrogen-bond donors (Lipinski definition) is 2. The largest absolute Gasteiger partial charge is 0.392 e. The van der Waals surface area contributed by atoms with Gasteiger partial charge in [0.2, 0.25) is 0 Å². The molecule has 2 bridgehead atoms. The molecule has 0 amide bonds. The molecular formula is C23H27N5O2. The van der Waals surface area contributed by atoms with Crippen LogP contribution in [0.4, 0.5) is 5.69 Å². The van der Waals surface area contributed by atoms with Gasteiger partial charge in [0, 0.05) is 42.4 Å². The third-order valence-corrected chi connectivity index (χ3v) is 7.29. The van der Waals surface area contributed by atoms with Crippen molar-refractivity contribution in [3.63, 3.8) is 0 Å². The second-order valence-electron chi connectivity index (χ2n) is 9.68. The zero-order valence-corrected chi connectivity index (χ0v) is 17.2. The number of nitrogens with two attached hydrogens (primary N) is 1. The molecule has 7 nitrogen and oxygen atoms in total. The summed E-state index contributed by atoms with van der Waals surface area (Å²) in [5.74, 6) is 0.684. The number of ether oxygens (including phenoxy) is 1. The van der Waals surface area contributed by atoms with Gasteiger partial charge in [0.1, 0.15) is 5.60 Å². The highest BCUT2D eigenvalue weighted by atomic mass is 16.5. The number of nitrogens with zero attached hydrogens (tertiary/aromatic N) is 4. The lowest BCUT2D eigenvalue weighted by molar-refractivity contribution is -0.0144. The van der Waals surface area contributed by atoms with Crippen molar-refractivity contribution >= 4 is 11.3 Å². The van der Waals surface area contributed by atoms with Crippen LogP contribution in [0.1, 0.15) is 43.1 Å². The van der Waals surface area contributed by atoms with E-state index in [1.807, 2.05) is 12.3 Å². The fraction of sp³-hybridized carbons (Fsp3) is 0.478. The fourth-order valence-electron chi connectivity index (χ4n) is 5.57. The summed E-state index contributed by atoms with van der Waals surface area (Å²) in [6.07, 6.45) is 4.64. The van der Waals surface area contributed by atoms with Crippen LogP contribution < -0.4 is 10.6 Å². The van der Waals surface area contributed by atoms with Gasteiger partial charge in [0.25, 0.3) is 0 Å². The highest BCUT2D eigenvalue weighted by Crippen LogP contribution is 2.55. The average molecular weight is 406 g/mol. The highest BCUT2D eigenvalue weighted by Gasteiger charge is 2.63. The van der Waals surface area contributed by atoms with Crippen molar-refractivity contribution in [3.05, 3.63) is 59.5 Å². The van der Waals surface area contributed by atoms with Gasteiger partial charge in [-0.25, -0.2) is 9.50 Å². The lowest BCUT2D eigenvalue weighted by Gasteiger charge is -2.39. The van der Waals surface area contributed by atoms with Gasteiger partial charge in [-0.3, -0.25) is 0 Å². The molecule has 1 saturated carbocycles. The fourth-order valence-corrected chi connectivity index (χ4v) is 5.57. The van der Waals surface area contributed by atoms with Crippen molar-refractivity contribution in [1.29, 1.82) is 0 Å². The number of pyridine rings is 1. The number of anilines is 1. The molecule has 0 unspecified atom stereocenters. The van der Waals surface area contributed by atoms with Crippen LogP contribution in [-0.2, 0) is 22.4 Å². The van der Waals surface area contributed by atoms with E-state index in [0.717, 1.165) is 43.6 Å². The Morgan fingerprint density at radius 3 is 2.73 bits per heavy atom. The first-order valence-electron chi connectivity index (χ1n) is 10.7. The number of aliphatic hydroxyl groups is 1. The molecule has 0 radical (unpaired) electrons. The van der Waals surface area contributed by atoms with Crippen LogP contribution >= 0.6 is 0 Å². The summed E-state index contributed by atoms with van der Waals surface area (Å²) in [4.78, 5) is 7.12. The Hall–Kier alpha value is -2.48. The van der Waals surface area contributed by atoms with Gasteiger partial charge in [-0.05, 0) is 18.1 Å². The van der Waals surface area contributed by atoms with E-state index in [2.05, 4.69) is 42.2 Å². The third-order valence-electron chi connectivity index (χ3n) is 7.29. The Balaban J connectivity index is 1.34. The second-order valence-corrected chi connectivity index (χ2v) is 9.68. The number of hydrogen-bond acceptors (Lipinski definition) is 6. The van der Waals surface area contributed by atoms with Crippen LogP contribution in [0, 0.1) is 0 Å². The number of aromatic nitrogens is 3. The molecule has 1 aromatic carbocycles. The van der Waals surface area contributed by atoms with E-state index in [4.69, 9.17) is 20.6 Å². The molecule has 3 aromatic rings.